The summed E-state index contributed by atoms with van der Waals surface area (Å²) in [6, 6.07) is 8.26. The quantitative estimate of drug-likeness (QED) is 0.796. The van der Waals surface area contributed by atoms with Crippen LogP contribution in [0, 0.1) is 0 Å². The van der Waals surface area contributed by atoms with Crippen LogP contribution in [0.4, 0.5) is 5.69 Å². The Balaban J connectivity index is 2.08. The highest BCUT2D eigenvalue weighted by atomic mass is 16.3. The van der Waals surface area contributed by atoms with Gasteiger partial charge in [0.05, 0.1) is 6.10 Å². The van der Waals surface area contributed by atoms with Crippen LogP contribution in [-0.4, -0.2) is 19.2 Å². The van der Waals surface area contributed by atoms with Crippen molar-refractivity contribution >= 4 is 5.69 Å². The monoisotopic (exact) mass is 205 g/mol. The summed E-state index contributed by atoms with van der Waals surface area (Å²) in [6.45, 7) is 2.33. The number of benzene rings is 1. The van der Waals surface area contributed by atoms with Crippen molar-refractivity contribution in [1.29, 1.82) is 0 Å². The maximum Gasteiger partial charge on any atom is 0.0963 e. The number of piperidine rings is 1. The average Bonchev–Trinajstić information content (AvgIpc) is 2.30. The molecule has 3 nitrogen and oxygen atoms in total. The lowest BCUT2D eigenvalue weighted by atomic mass is 10.1. The summed E-state index contributed by atoms with van der Waals surface area (Å²) in [5.74, 6) is 0. The Hall–Kier alpha value is -1.06. The molecule has 2 rings (SSSR count). The van der Waals surface area contributed by atoms with Gasteiger partial charge < -0.3 is 10.6 Å². The molecule has 1 fully saturated rings. The van der Waals surface area contributed by atoms with Crippen LogP contribution >= 0.6 is 0 Å². The highest BCUT2D eigenvalue weighted by Gasteiger charge is 2.18. The van der Waals surface area contributed by atoms with E-state index < -0.39 is 0 Å². The van der Waals surface area contributed by atoms with Gasteiger partial charge in [-0.3, -0.25) is 0 Å². The molecular weight excluding hydrogens is 188 g/mol. The van der Waals surface area contributed by atoms with E-state index in [2.05, 4.69) is 17.0 Å². The number of hydrogen-bond donors (Lipinski definition) is 1. The fraction of sp³-hybridized carbons (Fsp3) is 0.500. The zero-order chi connectivity index (χ0) is 10.7. The number of hydrogen-bond acceptors (Lipinski definition) is 2. The van der Waals surface area contributed by atoms with Crippen LogP contribution in [0.2, 0.25) is 0 Å². The zero-order valence-corrected chi connectivity index (χ0v) is 8.86. The summed E-state index contributed by atoms with van der Waals surface area (Å²) < 4.78 is 0. The molecule has 15 heavy (non-hydrogen) atoms. The van der Waals surface area contributed by atoms with E-state index in [0.29, 0.717) is 6.54 Å². The lowest BCUT2D eigenvalue weighted by molar-refractivity contribution is 0.0676. The number of rotatable bonds is 2. The number of anilines is 1. The van der Waals surface area contributed by atoms with E-state index in [0.717, 1.165) is 31.5 Å². The molecular formula is C12H17N2O. The maximum atomic E-state index is 11.2. The molecule has 1 aromatic rings. The zero-order valence-electron chi connectivity index (χ0n) is 8.86. The van der Waals surface area contributed by atoms with E-state index >= 15 is 0 Å². The lowest BCUT2D eigenvalue weighted by Gasteiger charge is -2.30. The van der Waals surface area contributed by atoms with Crippen molar-refractivity contribution in [2.24, 2.45) is 5.73 Å². The Kier molecular flexibility index (Phi) is 3.23. The van der Waals surface area contributed by atoms with Crippen molar-refractivity contribution in [3.8, 4) is 0 Å². The molecule has 2 N–H and O–H groups in total. The molecule has 0 spiro atoms. The van der Waals surface area contributed by atoms with Crippen LogP contribution in [0.3, 0.4) is 0 Å². The van der Waals surface area contributed by atoms with Gasteiger partial charge in [0.1, 0.15) is 0 Å². The molecule has 0 atom stereocenters. The Morgan fingerprint density at radius 2 is 2.07 bits per heavy atom. The molecule has 1 aliphatic heterocycles. The van der Waals surface area contributed by atoms with Gasteiger partial charge in [0.25, 0.3) is 0 Å². The summed E-state index contributed by atoms with van der Waals surface area (Å²) in [7, 11) is 0. The normalized spacial score (nSPS) is 18.1. The molecule has 1 radical (unpaired) electrons. The molecule has 1 saturated heterocycles. The summed E-state index contributed by atoms with van der Waals surface area (Å²) >= 11 is 0. The predicted octanol–water partition coefficient (Wildman–Crippen LogP) is 1.54. The van der Waals surface area contributed by atoms with Gasteiger partial charge in [0, 0.05) is 25.3 Å². The highest BCUT2D eigenvalue weighted by molar-refractivity contribution is 5.48. The molecule has 1 aromatic carbocycles. The number of nitrogens with two attached hydrogens (primary N) is 1. The summed E-state index contributed by atoms with van der Waals surface area (Å²) in [5.41, 5.74) is 7.95. The first-order valence-corrected chi connectivity index (χ1v) is 5.49. The van der Waals surface area contributed by atoms with Gasteiger partial charge in [0.15, 0.2) is 0 Å². The Labute approximate surface area is 90.5 Å². The van der Waals surface area contributed by atoms with Crippen LogP contribution in [0.1, 0.15) is 18.4 Å². The first-order chi connectivity index (χ1) is 7.29. The van der Waals surface area contributed by atoms with E-state index in [-0.39, 0.29) is 6.10 Å². The van der Waals surface area contributed by atoms with E-state index in [9.17, 15) is 5.11 Å². The molecule has 1 aliphatic rings. The second-order valence-electron chi connectivity index (χ2n) is 4.06. The summed E-state index contributed by atoms with van der Waals surface area (Å²) in [6.07, 6.45) is 1.15. The van der Waals surface area contributed by atoms with Crippen LogP contribution in [-0.2, 0) is 11.7 Å². The molecule has 0 amide bonds. The molecule has 0 unspecified atom stereocenters. The summed E-state index contributed by atoms with van der Waals surface area (Å²) in [4.78, 5) is 2.27. The third kappa shape index (κ3) is 2.49. The molecule has 0 saturated carbocycles. The van der Waals surface area contributed by atoms with Gasteiger partial charge in [-0.05, 0) is 30.5 Å². The summed E-state index contributed by atoms with van der Waals surface area (Å²) in [5, 5.41) is 11.2. The second-order valence-corrected chi connectivity index (χ2v) is 4.06. The minimum atomic E-state index is -0.362. The van der Waals surface area contributed by atoms with Gasteiger partial charge in [-0.1, -0.05) is 12.1 Å². The number of nitrogens with zero attached hydrogens (tertiary/aromatic N) is 1. The van der Waals surface area contributed by atoms with Crippen LogP contribution in [0.15, 0.2) is 24.3 Å². The van der Waals surface area contributed by atoms with Crippen LogP contribution in [0.25, 0.3) is 0 Å². The highest BCUT2D eigenvalue weighted by Crippen LogP contribution is 2.21. The molecule has 0 bridgehead atoms. The lowest BCUT2D eigenvalue weighted by Crippen LogP contribution is -2.35. The maximum absolute atomic E-state index is 11.2. The van der Waals surface area contributed by atoms with E-state index in [4.69, 9.17) is 5.73 Å². The van der Waals surface area contributed by atoms with Crippen molar-refractivity contribution in [2.45, 2.75) is 25.5 Å². The van der Waals surface area contributed by atoms with Crippen molar-refractivity contribution in [3.05, 3.63) is 29.8 Å². The Bertz CT molecular complexity index is 319. The topological polar surface area (TPSA) is 49.2 Å². The average molecular weight is 205 g/mol. The third-order valence-electron chi connectivity index (χ3n) is 2.95. The molecule has 1 heterocycles. The van der Waals surface area contributed by atoms with E-state index in [1.807, 2.05) is 12.1 Å². The third-order valence-corrected chi connectivity index (χ3v) is 2.95. The second kappa shape index (κ2) is 4.64. The van der Waals surface area contributed by atoms with Gasteiger partial charge in [0.2, 0.25) is 0 Å². The first kappa shape index (κ1) is 10.5. The van der Waals surface area contributed by atoms with Gasteiger partial charge in [-0.2, -0.15) is 0 Å². The van der Waals surface area contributed by atoms with Crippen molar-refractivity contribution in [3.63, 3.8) is 0 Å². The van der Waals surface area contributed by atoms with E-state index in [1.54, 1.807) is 0 Å². The standard InChI is InChI=1S/C12H17N2O/c13-9-10-2-1-3-11(8-10)14-6-4-12(15)5-7-14/h1-3,8,12H,4-7,9,13H2. The molecule has 81 valence electrons. The SMILES string of the molecule is NCc1cccc(N2CCC([O])CC2)c1. The smallest absolute Gasteiger partial charge is 0.0963 e. The van der Waals surface area contributed by atoms with Gasteiger partial charge >= 0.3 is 0 Å². The fourth-order valence-corrected chi connectivity index (χ4v) is 1.99. The van der Waals surface area contributed by atoms with E-state index in [1.165, 1.54) is 5.69 Å². The van der Waals surface area contributed by atoms with Crippen LogP contribution < -0.4 is 10.6 Å². The fourth-order valence-electron chi connectivity index (χ4n) is 1.99. The minimum absolute atomic E-state index is 0.362. The Morgan fingerprint density at radius 1 is 1.33 bits per heavy atom. The molecule has 0 aromatic heterocycles. The molecule has 0 aliphatic carbocycles. The largest absolute Gasteiger partial charge is 0.371 e. The first-order valence-electron chi connectivity index (χ1n) is 5.49. The van der Waals surface area contributed by atoms with Gasteiger partial charge in [-0.25, -0.2) is 5.11 Å². The molecule has 3 heteroatoms. The van der Waals surface area contributed by atoms with Crippen molar-refractivity contribution in [2.75, 3.05) is 18.0 Å². The Morgan fingerprint density at radius 3 is 2.73 bits per heavy atom. The van der Waals surface area contributed by atoms with Gasteiger partial charge in [-0.15, -0.1) is 0 Å². The minimum Gasteiger partial charge on any atom is -0.371 e. The van der Waals surface area contributed by atoms with Crippen molar-refractivity contribution < 1.29 is 5.11 Å². The van der Waals surface area contributed by atoms with Crippen LogP contribution in [0.5, 0.6) is 0 Å². The predicted molar refractivity (Wildman–Crippen MR) is 60.3 cm³/mol. The van der Waals surface area contributed by atoms with Crippen molar-refractivity contribution in [1.82, 2.24) is 0 Å².